The summed E-state index contributed by atoms with van der Waals surface area (Å²) in [6.07, 6.45) is 6.83. The first kappa shape index (κ1) is 32.4. The summed E-state index contributed by atoms with van der Waals surface area (Å²) < 4.78 is 12.8. The zero-order chi connectivity index (χ0) is 33.0. The second kappa shape index (κ2) is 14.5. The summed E-state index contributed by atoms with van der Waals surface area (Å²) in [4.78, 5) is 32.5. The van der Waals surface area contributed by atoms with Crippen molar-refractivity contribution in [3.05, 3.63) is 113 Å². The molecule has 7 heteroatoms. The molecule has 0 saturated carbocycles. The standard InChI is InChI=1S/C41H46N2O5/c1-2-28(23-29-13-16-33(44)17-14-29)15-18-37-38-31(26-47-34-11-7-4-8-12-34)24-35-39(36(38)27-48-37)41(46)43(40(35)45)32-19-21-42(22-20-32)25-30-9-5-3-6-10-30/h3-14,16-17,23,32,35-37,39,44H,2,15,18-22,24-27H2,1H3/b28-23+/t35-,36+,37-,39-/m1/s1. The Balaban J connectivity index is 1.08. The number of likely N-dealkylation sites (tertiary alicyclic amines) is 2. The lowest BCUT2D eigenvalue weighted by Gasteiger charge is -2.36. The monoisotopic (exact) mass is 646 g/mol. The van der Waals surface area contributed by atoms with Crippen molar-refractivity contribution in [3.63, 3.8) is 0 Å². The fourth-order valence-electron chi connectivity index (χ4n) is 8.33. The number of phenols is 1. The minimum atomic E-state index is -0.362. The largest absolute Gasteiger partial charge is 0.508 e. The van der Waals surface area contributed by atoms with Gasteiger partial charge in [0, 0.05) is 31.6 Å². The minimum Gasteiger partial charge on any atom is -0.508 e. The Hall–Kier alpha value is -4.20. The van der Waals surface area contributed by atoms with E-state index in [1.807, 2.05) is 48.5 Å². The number of piperidine rings is 1. The molecule has 4 aliphatic rings. The van der Waals surface area contributed by atoms with Crippen LogP contribution in [0.2, 0.25) is 0 Å². The van der Waals surface area contributed by atoms with Gasteiger partial charge in [0.25, 0.3) is 0 Å². The van der Waals surface area contributed by atoms with E-state index >= 15 is 0 Å². The molecule has 3 heterocycles. The lowest BCUT2D eigenvalue weighted by molar-refractivity contribution is -0.144. The molecular formula is C41H46N2O5. The molecular weight excluding hydrogens is 600 g/mol. The van der Waals surface area contributed by atoms with E-state index in [9.17, 15) is 14.7 Å². The van der Waals surface area contributed by atoms with E-state index in [1.54, 1.807) is 17.0 Å². The summed E-state index contributed by atoms with van der Waals surface area (Å²) in [5.74, 6) is 0.232. The number of carbonyl (C=O) groups is 2. The highest BCUT2D eigenvalue weighted by atomic mass is 16.5. The van der Waals surface area contributed by atoms with Crippen molar-refractivity contribution in [3.8, 4) is 11.5 Å². The first-order valence-corrected chi connectivity index (χ1v) is 17.6. The van der Waals surface area contributed by atoms with Gasteiger partial charge < -0.3 is 14.6 Å². The van der Waals surface area contributed by atoms with E-state index < -0.39 is 0 Å². The number of fused-ring (bicyclic) bond motifs is 3. The van der Waals surface area contributed by atoms with E-state index in [1.165, 1.54) is 16.7 Å². The zero-order valence-corrected chi connectivity index (χ0v) is 27.8. The molecule has 2 amide bonds. The van der Waals surface area contributed by atoms with Gasteiger partial charge in [-0.15, -0.1) is 0 Å². The number of phenolic OH excluding ortho intramolecular Hbond substituents is 1. The normalized spacial score (nSPS) is 25.0. The number of amides is 2. The molecule has 0 unspecified atom stereocenters. The molecule has 4 atom stereocenters. The van der Waals surface area contributed by atoms with Crippen LogP contribution in [-0.4, -0.2) is 65.2 Å². The Morgan fingerprint density at radius 2 is 1.62 bits per heavy atom. The molecule has 0 spiro atoms. The Kier molecular flexibility index (Phi) is 9.78. The van der Waals surface area contributed by atoms with Crippen LogP contribution in [-0.2, 0) is 20.9 Å². The van der Waals surface area contributed by atoms with E-state index in [0.29, 0.717) is 19.6 Å². The maximum atomic E-state index is 14.3. The highest BCUT2D eigenvalue weighted by molar-refractivity contribution is 6.06. The zero-order valence-electron chi connectivity index (χ0n) is 27.8. The van der Waals surface area contributed by atoms with Crippen LogP contribution in [0.3, 0.4) is 0 Å². The number of hydrogen-bond acceptors (Lipinski definition) is 6. The number of ether oxygens (including phenoxy) is 2. The van der Waals surface area contributed by atoms with Crippen LogP contribution >= 0.6 is 0 Å². The number of aromatic hydroxyl groups is 1. The Morgan fingerprint density at radius 3 is 2.33 bits per heavy atom. The van der Waals surface area contributed by atoms with Gasteiger partial charge in [-0.1, -0.05) is 79.2 Å². The van der Waals surface area contributed by atoms with Crippen LogP contribution in [0.1, 0.15) is 56.6 Å². The molecule has 3 fully saturated rings. The van der Waals surface area contributed by atoms with Crippen molar-refractivity contribution in [1.29, 1.82) is 0 Å². The molecule has 250 valence electrons. The molecule has 0 bridgehead atoms. The van der Waals surface area contributed by atoms with Gasteiger partial charge in [0.15, 0.2) is 0 Å². The number of nitrogens with zero attached hydrogens (tertiary/aromatic N) is 2. The third-order valence-electron chi connectivity index (χ3n) is 10.8. The molecule has 3 saturated heterocycles. The first-order chi connectivity index (χ1) is 23.5. The predicted octanol–water partition coefficient (Wildman–Crippen LogP) is 7.03. The van der Waals surface area contributed by atoms with Crippen LogP contribution in [0.4, 0.5) is 0 Å². The van der Waals surface area contributed by atoms with Gasteiger partial charge >= 0.3 is 0 Å². The van der Waals surface area contributed by atoms with Crippen LogP contribution in [0, 0.1) is 17.8 Å². The Morgan fingerprint density at radius 1 is 0.917 bits per heavy atom. The van der Waals surface area contributed by atoms with Crippen molar-refractivity contribution in [2.75, 3.05) is 26.3 Å². The Bertz CT molecular complexity index is 1640. The molecule has 0 aromatic heterocycles. The summed E-state index contributed by atoms with van der Waals surface area (Å²) in [7, 11) is 0. The van der Waals surface area contributed by atoms with Crippen LogP contribution in [0.15, 0.2) is 102 Å². The highest BCUT2D eigenvalue weighted by Gasteiger charge is 2.58. The summed E-state index contributed by atoms with van der Waals surface area (Å²) in [6, 6.07) is 27.5. The highest BCUT2D eigenvalue weighted by Crippen LogP contribution is 2.50. The second-order valence-corrected chi connectivity index (χ2v) is 13.8. The summed E-state index contributed by atoms with van der Waals surface area (Å²) in [5.41, 5.74) is 5.97. The average Bonchev–Trinajstić information content (AvgIpc) is 3.65. The number of benzene rings is 3. The van der Waals surface area contributed by atoms with E-state index in [2.05, 4.69) is 42.2 Å². The summed E-state index contributed by atoms with van der Waals surface area (Å²) >= 11 is 0. The van der Waals surface area contributed by atoms with Crippen LogP contribution in [0.5, 0.6) is 11.5 Å². The quantitative estimate of drug-likeness (QED) is 0.178. The van der Waals surface area contributed by atoms with Gasteiger partial charge in [-0.3, -0.25) is 19.4 Å². The van der Waals surface area contributed by atoms with Gasteiger partial charge in [-0.25, -0.2) is 0 Å². The smallest absolute Gasteiger partial charge is 0.234 e. The third kappa shape index (κ3) is 6.85. The molecule has 1 N–H and O–H groups in total. The first-order valence-electron chi connectivity index (χ1n) is 17.6. The molecule has 3 aromatic carbocycles. The van der Waals surface area contributed by atoms with Crippen molar-refractivity contribution in [2.45, 2.75) is 64.1 Å². The van der Waals surface area contributed by atoms with E-state index in [4.69, 9.17) is 9.47 Å². The maximum Gasteiger partial charge on any atom is 0.234 e. The topological polar surface area (TPSA) is 79.3 Å². The fraction of sp³-hybridized carbons (Fsp3) is 0.415. The molecule has 3 aromatic rings. The van der Waals surface area contributed by atoms with E-state index in [-0.39, 0.29) is 47.5 Å². The lowest BCUT2D eigenvalue weighted by atomic mass is 9.69. The second-order valence-electron chi connectivity index (χ2n) is 13.8. The van der Waals surface area contributed by atoms with Crippen LogP contribution in [0.25, 0.3) is 6.08 Å². The van der Waals surface area contributed by atoms with E-state index in [0.717, 1.165) is 68.6 Å². The molecule has 48 heavy (non-hydrogen) atoms. The lowest BCUT2D eigenvalue weighted by Crippen LogP contribution is -2.47. The number of allylic oxidation sites excluding steroid dienone is 1. The summed E-state index contributed by atoms with van der Waals surface area (Å²) in [5, 5.41) is 9.69. The van der Waals surface area contributed by atoms with Gasteiger partial charge in [0.2, 0.25) is 11.8 Å². The van der Waals surface area contributed by atoms with Crippen molar-refractivity contribution >= 4 is 17.9 Å². The van der Waals surface area contributed by atoms with Crippen molar-refractivity contribution in [2.24, 2.45) is 17.8 Å². The predicted molar refractivity (Wildman–Crippen MR) is 186 cm³/mol. The maximum absolute atomic E-state index is 14.3. The summed E-state index contributed by atoms with van der Waals surface area (Å²) in [6.45, 7) is 5.65. The molecule has 7 rings (SSSR count). The molecule has 0 radical (unpaired) electrons. The number of rotatable bonds is 11. The van der Waals surface area contributed by atoms with Crippen molar-refractivity contribution in [1.82, 2.24) is 9.80 Å². The van der Waals surface area contributed by atoms with Crippen molar-refractivity contribution < 1.29 is 24.2 Å². The van der Waals surface area contributed by atoms with Crippen LogP contribution < -0.4 is 4.74 Å². The number of carbonyl (C=O) groups excluding carboxylic acids is 2. The SMILES string of the molecule is CC/C(=C\c1ccc(O)cc1)CC[C@H]1OC[C@H]2C1=C(COc1ccccc1)C[C@H]1C(=O)N(C3CCN(Cc4ccccc4)CC3)C(=O)[C@H]12. The molecule has 1 aliphatic carbocycles. The van der Waals surface area contributed by atoms with Gasteiger partial charge in [-0.05, 0) is 85.1 Å². The third-order valence-corrected chi connectivity index (χ3v) is 10.8. The minimum absolute atomic E-state index is 0.00256. The fourth-order valence-corrected chi connectivity index (χ4v) is 8.33. The molecule has 3 aliphatic heterocycles. The average molecular weight is 647 g/mol. The van der Waals surface area contributed by atoms with Gasteiger partial charge in [0.05, 0.1) is 24.5 Å². The Labute approximate surface area is 283 Å². The number of hydrogen-bond donors (Lipinski definition) is 1. The van der Waals surface area contributed by atoms with Gasteiger partial charge in [-0.2, -0.15) is 0 Å². The number of imide groups is 1. The van der Waals surface area contributed by atoms with Gasteiger partial charge in [0.1, 0.15) is 18.1 Å². The number of para-hydroxylation sites is 1. The molecule has 7 nitrogen and oxygen atoms in total.